The van der Waals surface area contributed by atoms with Crippen LogP contribution < -0.4 is 4.72 Å². The van der Waals surface area contributed by atoms with Crippen LogP contribution in [0.1, 0.15) is 24.5 Å². The van der Waals surface area contributed by atoms with Crippen molar-refractivity contribution in [1.82, 2.24) is 4.72 Å². The minimum absolute atomic E-state index is 0.00188. The maximum Gasteiger partial charge on any atom is 0.215 e. The van der Waals surface area contributed by atoms with Crippen LogP contribution in [0.3, 0.4) is 0 Å². The lowest BCUT2D eigenvalue weighted by Gasteiger charge is -2.22. The quantitative estimate of drug-likeness (QED) is 0.866. The molecule has 0 saturated carbocycles. The second kappa shape index (κ2) is 6.22. The van der Waals surface area contributed by atoms with Crippen LogP contribution in [0.4, 0.5) is 0 Å². The van der Waals surface area contributed by atoms with Gasteiger partial charge >= 0.3 is 0 Å². The van der Waals surface area contributed by atoms with E-state index in [4.69, 9.17) is 9.47 Å². The zero-order valence-corrected chi connectivity index (χ0v) is 12.7. The maximum atomic E-state index is 12.0. The summed E-state index contributed by atoms with van der Waals surface area (Å²) in [6.45, 7) is 5.17. The Bertz CT molecular complexity index is 550. The van der Waals surface area contributed by atoms with Crippen LogP contribution in [0.25, 0.3) is 0 Å². The number of sulfonamides is 1. The van der Waals surface area contributed by atoms with Gasteiger partial charge in [0.05, 0.1) is 19.0 Å². The summed E-state index contributed by atoms with van der Waals surface area (Å²) in [5.41, 5.74) is 1.80. The first-order chi connectivity index (χ1) is 9.40. The normalized spacial score (nSPS) is 18.3. The SMILES string of the molecule is Cc1ccccc1CS(=O)(=O)NCCC1(C)OCCO1. The Kier molecular flexibility index (Phi) is 4.80. The summed E-state index contributed by atoms with van der Waals surface area (Å²) in [6, 6.07) is 7.48. The topological polar surface area (TPSA) is 64.6 Å². The number of nitrogens with one attached hydrogen (secondary N) is 1. The van der Waals surface area contributed by atoms with Crippen molar-refractivity contribution in [3.05, 3.63) is 35.4 Å². The molecule has 0 unspecified atom stereocenters. The van der Waals surface area contributed by atoms with Gasteiger partial charge in [0.2, 0.25) is 10.0 Å². The second-order valence-corrected chi connectivity index (χ2v) is 6.97. The molecule has 1 aromatic carbocycles. The molecule has 0 amide bonds. The van der Waals surface area contributed by atoms with Gasteiger partial charge in [0, 0.05) is 13.0 Å². The van der Waals surface area contributed by atoms with Gasteiger partial charge in [0.1, 0.15) is 0 Å². The third kappa shape index (κ3) is 4.28. The first kappa shape index (κ1) is 15.4. The highest BCUT2D eigenvalue weighted by Gasteiger charge is 2.30. The van der Waals surface area contributed by atoms with E-state index in [2.05, 4.69) is 4.72 Å². The molecule has 5 nitrogen and oxygen atoms in total. The molecule has 1 aliphatic heterocycles. The van der Waals surface area contributed by atoms with Crippen molar-refractivity contribution in [2.75, 3.05) is 19.8 Å². The Morgan fingerprint density at radius 3 is 2.55 bits per heavy atom. The van der Waals surface area contributed by atoms with Crippen LogP contribution >= 0.6 is 0 Å². The zero-order valence-electron chi connectivity index (χ0n) is 11.9. The number of aryl methyl sites for hydroxylation is 1. The van der Waals surface area contributed by atoms with E-state index in [0.29, 0.717) is 26.2 Å². The molecule has 2 rings (SSSR count). The smallest absolute Gasteiger partial charge is 0.215 e. The van der Waals surface area contributed by atoms with Gasteiger partial charge in [0.25, 0.3) is 0 Å². The lowest BCUT2D eigenvalue weighted by molar-refractivity contribution is -0.145. The van der Waals surface area contributed by atoms with Crippen molar-refractivity contribution >= 4 is 10.0 Å². The summed E-state index contributed by atoms with van der Waals surface area (Å²) in [5.74, 6) is -0.663. The van der Waals surface area contributed by atoms with E-state index in [1.165, 1.54) is 0 Å². The Morgan fingerprint density at radius 1 is 1.25 bits per heavy atom. The Hall–Kier alpha value is -0.950. The zero-order chi connectivity index (χ0) is 14.6. The third-order valence-corrected chi connectivity index (χ3v) is 4.74. The Balaban J connectivity index is 1.87. The molecule has 1 saturated heterocycles. The molecule has 20 heavy (non-hydrogen) atoms. The standard InChI is InChI=1S/C14H21NO4S/c1-12-5-3-4-6-13(12)11-20(16,17)15-8-7-14(2)18-9-10-19-14/h3-6,15H,7-11H2,1-2H3. The largest absolute Gasteiger partial charge is 0.348 e. The van der Waals surface area contributed by atoms with Crippen molar-refractivity contribution < 1.29 is 17.9 Å². The first-order valence-corrected chi connectivity index (χ1v) is 8.35. The molecule has 0 aliphatic carbocycles. The van der Waals surface area contributed by atoms with Gasteiger partial charge in [-0.3, -0.25) is 0 Å². The third-order valence-electron chi connectivity index (χ3n) is 3.41. The average molecular weight is 299 g/mol. The van der Waals surface area contributed by atoms with Crippen LogP contribution in [0.2, 0.25) is 0 Å². The number of ether oxygens (including phenoxy) is 2. The molecule has 1 heterocycles. The summed E-state index contributed by atoms with van der Waals surface area (Å²) >= 11 is 0. The number of rotatable bonds is 6. The van der Waals surface area contributed by atoms with Gasteiger partial charge in [-0.05, 0) is 25.0 Å². The molecule has 1 N–H and O–H groups in total. The van der Waals surface area contributed by atoms with Crippen molar-refractivity contribution in [3.63, 3.8) is 0 Å². The number of hydrogen-bond donors (Lipinski definition) is 1. The van der Waals surface area contributed by atoms with E-state index in [1.807, 2.05) is 38.1 Å². The minimum atomic E-state index is -3.34. The van der Waals surface area contributed by atoms with E-state index < -0.39 is 15.8 Å². The summed E-state index contributed by atoms with van der Waals surface area (Å²) in [5, 5.41) is 0. The summed E-state index contributed by atoms with van der Waals surface area (Å²) in [4.78, 5) is 0. The highest BCUT2D eigenvalue weighted by Crippen LogP contribution is 2.21. The van der Waals surface area contributed by atoms with Crippen molar-refractivity contribution in [1.29, 1.82) is 0 Å². The van der Waals surface area contributed by atoms with Crippen LogP contribution in [0.15, 0.2) is 24.3 Å². The Morgan fingerprint density at radius 2 is 1.90 bits per heavy atom. The maximum absolute atomic E-state index is 12.0. The average Bonchev–Trinajstić information content (AvgIpc) is 2.79. The fraction of sp³-hybridized carbons (Fsp3) is 0.571. The molecule has 0 bridgehead atoms. The molecule has 0 radical (unpaired) electrons. The molecular weight excluding hydrogens is 278 g/mol. The van der Waals surface area contributed by atoms with E-state index in [-0.39, 0.29) is 5.75 Å². The summed E-state index contributed by atoms with van der Waals surface area (Å²) < 4.78 is 37.5. The lowest BCUT2D eigenvalue weighted by atomic mass is 10.1. The molecule has 112 valence electrons. The monoisotopic (exact) mass is 299 g/mol. The number of hydrogen-bond acceptors (Lipinski definition) is 4. The van der Waals surface area contributed by atoms with E-state index in [9.17, 15) is 8.42 Å². The molecule has 1 aromatic rings. The molecule has 1 fully saturated rings. The summed E-state index contributed by atoms with van der Waals surface area (Å²) in [6.07, 6.45) is 0.500. The van der Waals surface area contributed by atoms with Crippen LogP contribution in [0.5, 0.6) is 0 Å². The van der Waals surface area contributed by atoms with Crippen LogP contribution in [0, 0.1) is 6.92 Å². The highest BCUT2D eigenvalue weighted by atomic mass is 32.2. The molecule has 0 aromatic heterocycles. The van der Waals surface area contributed by atoms with Gasteiger partial charge in [-0.25, -0.2) is 13.1 Å². The van der Waals surface area contributed by atoms with Gasteiger partial charge in [-0.1, -0.05) is 24.3 Å². The van der Waals surface area contributed by atoms with E-state index in [1.54, 1.807) is 0 Å². The minimum Gasteiger partial charge on any atom is -0.348 e. The molecular formula is C14H21NO4S. The van der Waals surface area contributed by atoms with Crippen molar-refractivity contribution in [3.8, 4) is 0 Å². The van der Waals surface area contributed by atoms with Crippen LogP contribution in [-0.2, 0) is 25.2 Å². The van der Waals surface area contributed by atoms with Gasteiger partial charge in [-0.2, -0.15) is 0 Å². The molecule has 6 heteroatoms. The van der Waals surface area contributed by atoms with Gasteiger partial charge in [-0.15, -0.1) is 0 Å². The van der Waals surface area contributed by atoms with Crippen molar-refractivity contribution in [2.45, 2.75) is 31.8 Å². The summed E-state index contributed by atoms with van der Waals surface area (Å²) in [7, 11) is -3.34. The molecule has 0 spiro atoms. The van der Waals surface area contributed by atoms with Gasteiger partial charge < -0.3 is 9.47 Å². The predicted molar refractivity (Wildman–Crippen MR) is 76.7 cm³/mol. The Labute approximate surface area is 120 Å². The van der Waals surface area contributed by atoms with E-state index in [0.717, 1.165) is 11.1 Å². The van der Waals surface area contributed by atoms with Gasteiger partial charge in [0.15, 0.2) is 5.79 Å². The molecule has 1 aliphatic rings. The fourth-order valence-corrected chi connectivity index (χ4v) is 3.41. The fourth-order valence-electron chi connectivity index (χ4n) is 2.16. The molecule has 0 atom stereocenters. The van der Waals surface area contributed by atoms with Crippen LogP contribution in [-0.4, -0.2) is 34.0 Å². The highest BCUT2D eigenvalue weighted by molar-refractivity contribution is 7.88. The number of benzene rings is 1. The second-order valence-electron chi connectivity index (χ2n) is 5.16. The van der Waals surface area contributed by atoms with E-state index >= 15 is 0 Å². The first-order valence-electron chi connectivity index (χ1n) is 6.70. The van der Waals surface area contributed by atoms with Crippen molar-refractivity contribution in [2.24, 2.45) is 0 Å². The lowest BCUT2D eigenvalue weighted by Crippen LogP contribution is -2.34. The predicted octanol–water partition coefficient (Wildman–Crippen LogP) is 1.57.